The molecule has 1 aliphatic heterocycles. The van der Waals surface area contributed by atoms with Gasteiger partial charge in [-0.1, -0.05) is 6.07 Å². The minimum atomic E-state index is -4.39. The van der Waals surface area contributed by atoms with Crippen molar-refractivity contribution in [1.29, 1.82) is 0 Å². The normalized spacial score (nSPS) is 14.7. The summed E-state index contributed by atoms with van der Waals surface area (Å²) in [5.74, 6) is 1.45. The fourth-order valence-corrected chi connectivity index (χ4v) is 2.17. The molecule has 1 aromatic carbocycles. The smallest absolute Gasteiger partial charge is 0.416 e. The van der Waals surface area contributed by atoms with E-state index in [2.05, 4.69) is 10.3 Å². The Morgan fingerprint density at radius 2 is 1.91 bits per heavy atom. The van der Waals surface area contributed by atoms with Crippen molar-refractivity contribution in [1.82, 2.24) is 4.98 Å². The SMILES string of the molecule is CC(Nc1cc(C(F)(F)F)ccn1)c1ccc2c(c1)OCO2. The number of halogens is 3. The van der Waals surface area contributed by atoms with E-state index in [0.717, 1.165) is 23.9 Å². The van der Waals surface area contributed by atoms with Crippen LogP contribution in [0.4, 0.5) is 19.0 Å². The van der Waals surface area contributed by atoms with Crippen LogP contribution in [0.2, 0.25) is 0 Å². The summed E-state index contributed by atoms with van der Waals surface area (Å²) in [6, 6.07) is 7.10. The van der Waals surface area contributed by atoms with Gasteiger partial charge in [-0.15, -0.1) is 0 Å². The molecule has 4 nitrogen and oxygen atoms in total. The highest BCUT2D eigenvalue weighted by Crippen LogP contribution is 2.35. The maximum Gasteiger partial charge on any atom is 0.416 e. The molecule has 1 aromatic heterocycles. The minimum absolute atomic E-state index is 0.167. The lowest BCUT2D eigenvalue weighted by Crippen LogP contribution is -2.10. The number of benzene rings is 1. The lowest BCUT2D eigenvalue weighted by molar-refractivity contribution is -0.137. The molecule has 7 heteroatoms. The lowest BCUT2D eigenvalue weighted by atomic mass is 10.1. The van der Waals surface area contributed by atoms with Gasteiger partial charge in [0.1, 0.15) is 5.82 Å². The van der Waals surface area contributed by atoms with E-state index in [0.29, 0.717) is 11.5 Å². The molecule has 1 aliphatic rings. The number of hydrogen-bond donors (Lipinski definition) is 1. The van der Waals surface area contributed by atoms with Gasteiger partial charge in [-0.2, -0.15) is 13.2 Å². The molecule has 1 unspecified atom stereocenters. The zero-order valence-corrected chi connectivity index (χ0v) is 11.6. The Balaban J connectivity index is 1.78. The Hall–Kier alpha value is -2.44. The van der Waals surface area contributed by atoms with Crippen LogP contribution in [0.15, 0.2) is 36.5 Å². The number of hydrogen-bond acceptors (Lipinski definition) is 4. The molecule has 0 fully saturated rings. The zero-order chi connectivity index (χ0) is 15.7. The van der Waals surface area contributed by atoms with Crippen molar-refractivity contribution in [3.05, 3.63) is 47.7 Å². The predicted molar refractivity (Wildman–Crippen MR) is 73.8 cm³/mol. The first kappa shape index (κ1) is 14.5. The van der Waals surface area contributed by atoms with Crippen LogP contribution in [-0.2, 0) is 6.18 Å². The molecule has 0 aliphatic carbocycles. The number of pyridine rings is 1. The van der Waals surface area contributed by atoms with Crippen LogP contribution in [-0.4, -0.2) is 11.8 Å². The molecule has 0 amide bonds. The van der Waals surface area contributed by atoms with Gasteiger partial charge in [0.25, 0.3) is 0 Å². The van der Waals surface area contributed by atoms with Gasteiger partial charge < -0.3 is 14.8 Å². The molecule has 0 bridgehead atoms. The second kappa shape index (κ2) is 5.40. The monoisotopic (exact) mass is 310 g/mol. The van der Waals surface area contributed by atoms with Crippen LogP contribution in [0.3, 0.4) is 0 Å². The molecule has 0 saturated carbocycles. The standard InChI is InChI=1S/C15H13F3N2O2/c1-9(10-2-3-12-13(6-10)22-8-21-12)20-14-7-11(4-5-19-14)15(16,17)18/h2-7,9H,8H2,1H3,(H,19,20). The highest BCUT2D eigenvalue weighted by Gasteiger charge is 2.30. The maximum absolute atomic E-state index is 12.7. The quantitative estimate of drug-likeness (QED) is 0.930. The average Bonchev–Trinajstić information content (AvgIpc) is 2.94. The summed E-state index contributed by atoms with van der Waals surface area (Å²) in [5, 5.41) is 2.95. The van der Waals surface area contributed by atoms with Crippen molar-refractivity contribution in [2.45, 2.75) is 19.1 Å². The summed E-state index contributed by atoms with van der Waals surface area (Å²) in [6.45, 7) is 2.01. The van der Waals surface area contributed by atoms with Gasteiger partial charge in [0, 0.05) is 6.20 Å². The van der Waals surface area contributed by atoms with E-state index in [9.17, 15) is 13.2 Å². The lowest BCUT2D eigenvalue weighted by Gasteiger charge is -2.16. The van der Waals surface area contributed by atoms with E-state index < -0.39 is 11.7 Å². The fraction of sp³-hybridized carbons (Fsp3) is 0.267. The Labute approximate surface area is 124 Å². The van der Waals surface area contributed by atoms with Crippen LogP contribution < -0.4 is 14.8 Å². The second-order valence-corrected chi connectivity index (χ2v) is 4.91. The van der Waals surface area contributed by atoms with E-state index in [-0.39, 0.29) is 18.7 Å². The molecule has 2 aromatic rings. The van der Waals surface area contributed by atoms with Crippen LogP contribution in [0.1, 0.15) is 24.1 Å². The summed E-state index contributed by atoms with van der Waals surface area (Å²) in [5.41, 5.74) is 0.131. The topological polar surface area (TPSA) is 43.4 Å². The third-order valence-corrected chi connectivity index (χ3v) is 3.35. The molecule has 1 atom stereocenters. The molecule has 0 spiro atoms. The van der Waals surface area contributed by atoms with E-state index in [1.165, 1.54) is 0 Å². The Morgan fingerprint density at radius 1 is 1.14 bits per heavy atom. The molecule has 116 valence electrons. The summed E-state index contributed by atoms with van der Waals surface area (Å²) in [6.07, 6.45) is -3.25. The fourth-order valence-electron chi connectivity index (χ4n) is 2.17. The first-order valence-corrected chi connectivity index (χ1v) is 6.63. The molecule has 2 heterocycles. The Morgan fingerprint density at radius 3 is 2.68 bits per heavy atom. The summed E-state index contributed by atoms with van der Waals surface area (Å²) < 4.78 is 48.6. The first-order chi connectivity index (χ1) is 10.4. The highest BCUT2D eigenvalue weighted by molar-refractivity contribution is 5.47. The molecule has 3 rings (SSSR count). The third kappa shape index (κ3) is 2.93. The summed E-state index contributed by atoms with van der Waals surface area (Å²) in [4.78, 5) is 3.92. The van der Waals surface area contributed by atoms with Crippen LogP contribution in [0.5, 0.6) is 11.5 Å². The summed E-state index contributed by atoms with van der Waals surface area (Å²) >= 11 is 0. The van der Waals surface area contributed by atoms with E-state index in [1.54, 1.807) is 12.1 Å². The third-order valence-electron chi connectivity index (χ3n) is 3.35. The van der Waals surface area contributed by atoms with E-state index >= 15 is 0 Å². The van der Waals surface area contributed by atoms with Gasteiger partial charge >= 0.3 is 6.18 Å². The van der Waals surface area contributed by atoms with Crippen molar-refractivity contribution in [2.24, 2.45) is 0 Å². The van der Waals surface area contributed by atoms with Gasteiger partial charge in [0.2, 0.25) is 6.79 Å². The largest absolute Gasteiger partial charge is 0.454 e. The molecular formula is C15H13F3N2O2. The number of fused-ring (bicyclic) bond motifs is 1. The number of rotatable bonds is 3. The first-order valence-electron chi connectivity index (χ1n) is 6.63. The molecule has 1 N–H and O–H groups in total. The van der Waals surface area contributed by atoms with Gasteiger partial charge in [-0.25, -0.2) is 4.98 Å². The number of nitrogens with one attached hydrogen (secondary N) is 1. The minimum Gasteiger partial charge on any atom is -0.454 e. The molecule has 0 radical (unpaired) electrons. The van der Waals surface area contributed by atoms with E-state index in [4.69, 9.17) is 9.47 Å². The molecular weight excluding hydrogens is 297 g/mol. The number of alkyl halides is 3. The Kier molecular flexibility index (Phi) is 3.56. The highest BCUT2D eigenvalue weighted by atomic mass is 19.4. The van der Waals surface area contributed by atoms with E-state index in [1.807, 2.05) is 13.0 Å². The van der Waals surface area contributed by atoms with Crippen molar-refractivity contribution in [3.8, 4) is 11.5 Å². The van der Waals surface area contributed by atoms with Crippen molar-refractivity contribution >= 4 is 5.82 Å². The second-order valence-electron chi connectivity index (χ2n) is 4.91. The van der Waals surface area contributed by atoms with Crippen molar-refractivity contribution in [3.63, 3.8) is 0 Å². The average molecular weight is 310 g/mol. The summed E-state index contributed by atoms with van der Waals surface area (Å²) in [7, 11) is 0. The van der Waals surface area contributed by atoms with Crippen LogP contribution >= 0.6 is 0 Å². The molecule has 22 heavy (non-hydrogen) atoms. The van der Waals surface area contributed by atoms with Crippen molar-refractivity contribution in [2.75, 3.05) is 12.1 Å². The predicted octanol–water partition coefficient (Wildman–Crippen LogP) is 4.00. The van der Waals surface area contributed by atoms with Crippen LogP contribution in [0, 0.1) is 0 Å². The Bertz CT molecular complexity index is 689. The van der Waals surface area contributed by atoms with Crippen molar-refractivity contribution < 1.29 is 22.6 Å². The number of anilines is 1. The maximum atomic E-state index is 12.7. The van der Waals surface area contributed by atoms with Gasteiger partial charge in [0.15, 0.2) is 11.5 Å². The van der Waals surface area contributed by atoms with Crippen LogP contribution in [0.25, 0.3) is 0 Å². The van der Waals surface area contributed by atoms with Gasteiger partial charge in [0.05, 0.1) is 11.6 Å². The molecule has 0 saturated heterocycles. The number of ether oxygens (including phenoxy) is 2. The van der Waals surface area contributed by atoms with Gasteiger partial charge in [-0.3, -0.25) is 0 Å². The number of nitrogens with zero attached hydrogens (tertiary/aromatic N) is 1. The number of aromatic nitrogens is 1. The van der Waals surface area contributed by atoms with Gasteiger partial charge in [-0.05, 0) is 36.8 Å². The zero-order valence-electron chi connectivity index (χ0n) is 11.6.